The van der Waals surface area contributed by atoms with Gasteiger partial charge in [-0.15, -0.1) is 0 Å². The fourth-order valence-corrected chi connectivity index (χ4v) is 2.43. The van der Waals surface area contributed by atoms with E-state index in [9.17, 15) is 19.3 Å². The van der Waals surface area contributed by atoms with Crippen molar-refractivity contribution >= 4 is 29.0 Å². The highest BCUT2D eigenvalue weighted by Crippen LogP contribution is 2.34. The van der Waals surface area contributed by atoms with Gasteiger partial charge in [-0.25, -0.2) is 9.37 Å². The molecule has 3 rings (SSSR count). The average molecular weight is 418 g/mol. The lowest BCUT2D eigenvalue weighted by molar-refractivity contribution is -0.385. The molecule has 148 valence electrons. The second-order valence-electron chi connectivity index (χ2n) is 5.71. The average Bonchev–Trinajstić information content (AvgIpc) is 2.69. The first-order chi connectivity index (χ1) is 13.9. The van der Waals surface area contributed by atoms with E-state index in [0.29, 0.717) is 10.6 Å². The molecule has 29 heavy (non-hydrogen) atoms. The maximum absolute atomic E-state index is 13.7. The number of hydrogen-bond acceptors (Lipinski definition) is 7. The van der Waals surface area contributed by atoms with E-state index in [-0.39, 0.29) is 23.0 Å². The van der Waals surface area contributed by atoms with E-state index in [2.05, 4.69) is 20.8 Å². The number of benzene rings is 2. The van der Waals surface area contributed by atoms with Crippen molar-refractivity contribution in [2.24, 2.45) is 0 Å². The van der Waals surface area contributed by atoms with Crippen LogP contribution in [0.1, 0.15) is 15.9 Å². The molecule has 0 saturated heterocycles. The van der Waals surface area contributed by atoms with Gasteiger partial charge < -0.3 is 4.74 Å². The lowest BCUT2D eigenvalue weighted by Crippen LogP contribution is -2.31. The molecular weight excluding hydrogens is 405 g/mol. The molecule has 0 aliphatic rings. The summed E-state index contributed by atoms with van der Waals surface area (Å²) in [6, 6.07) is 9.96. The number of carbonyl (C=O) groups is 1. The third kappa shape index (κ3) is 4.55. The SMILES string of the molecule is Cc1cc(Oc2ncnc(NNC(=O)c3ccccc3F)c2[N+](=O)[O-])ccc1Cl. The van der Waals surface area contributed by atoms with Crippen molar-refractivity contribution in [3.05, 3.63) is 80.9 Å². The second kappa shape index (κ2) is 8.48. The predicted molar refractivity (Wildman–Crippen MR) is 102 cm³/mol. The number of rotatable bonds is 6. The van der Waals surface area contributed by atoms with Crippen LogP contribution in [0.3, 0.4) is 0 Å². The quantitative estimate of drug-likeness (QED) is 0.459. The summed E-state index contributed by atoms with van der Waals surface area (Å²) >= 11 is 5.96. The molecule has 0 aliphatic heterocycles. The maximum atomic E-state index is 13.7. The molecule has 0 aliphatic carbocycles. The summed E-state index contributed by atoms with van der Waals surface area (Å²) in [7, 11) is 0. The number of hydrazine groups is 1. The van der Waals surface area contributed by atoms with Gasteiger partial charge in [-0.1, -0.05) is 23.7 Å². The number of aryl methyl sites for hydroxylation is 1. The lowest BCUT2D eigenvalue weighted by atomic mass is 10.2. The van der Waals surface area contributed by atoms with Crippen LogP contribution in [0, 0.1) is 22.9 Å². The van der Waals surface area contributed by atoms with Crippen molar-refractivity contribution in [3.8, 4) is 11.6 Å². The van der Waals surface area contributed by atoms with Gasteiger partial charge in [0.1, 0.15) is 17.9 Å². The van der Waals surface area contributed by atoms with Gasteiger partial charge in [0.2, 0.25) is 5.82 Å². The Morgan fingerprint density at radius 1 is 1.24 bits per heavy atom. The third-order valence-electron chi connectivity index (χ3n) is 3.73. The summed E-state index contributed by atoms with van der Waals surface area (Å²) in [5, 5.41) is 12.0. The van der Waals surface area contributed by atoms with Crippen molar-refractivity contribution in [2.75, 3.05) is 5.43 Å². The first kappa shape index (κ1) is 20.0. The number of aromatic nitrogens is 2. The normalized spacial score (nSPS) is 10.3. The number of nitrogens with one attached hydrogen (secondary N) is 2. The molecule has 0 fully saturated rings. The Bertz CT molecular complexity index is 1100. The summed E-state index contributed by atoms with van der Waals surface area (Å²) in [5.74, 6) is -2.00. The highest BCUT2D eigenvalue weighted by molar-refractivity contribution is 6.31. The van der Waals surface area contributed by atoms with Crippen molar-refractivity contribution in [3.63, 3.8) is 0 Å². The summed E-state index contributed by atoms with van der Waals surface area (Å²) in [6.45, 7) is 1.74. The van der Waals surface area contributed by atoms with E-state index in [4.69, 9.17) is 16.3 Å². The van der Waals surface area contributed by atoms with Gasteiger partial charge in [-0.2, -0.15) is 4.98 Å². The Morgan fingerprint density at radius 3 is 2.69 bits per heavy atom. The summed E-state index contributed by atoms with van der Waals surface area (Å²) in [6.07, 6.45) is 1.02. The van der Waals surface area contributed by atoms with Gasteiger partial charge >= 0.3 is 11.6 Å². The van der Waals surface area contributed by atoms with E-state index in [1.165, 1.54) is 24.3 Å². The Labute approximate surface area is 168 Å². The predicted octanol–water partition coefficient (Wildman–Crippen LogP) is 4.03. The fraction of sp³-hybridized carbons (Fsp3) is 0.0556. The number of nitrogens with zero attached hydrogens (tertiary/aromatic N) is 3. The first-order valence-electron chi connectivity index (χ1n) is 8.11. The minimum absolute atomic E-state index is 0.246. The van der Waals surface area contributed by atoms with Crippen molar-refractivity contribution in [1.29, 1.82) is 0 Å². The van der Waals surface area contributed by atoms with Crippen LogP contribution in [0.15, 0.2) is 48.8 Å². The molecule has 0 bridgehead atoms. The summed E-state index contributed by atoms with van der Waals surface area (Å²) in [4.78, 5) is 30.4. The zero-order valence-electron chi connectivity index (χ0n) is 14.8. The lowest BCUT2D eigenvalue weighted by Gasteiger charge is -2.11. The molecule has 2 N–H and O–H groups in total. The highest BCUT2D eigenvalue weighted by Gasteiger charge is 2.26. The van der Waals surface area contributed by atoms with E-state index >= 15 is 0 Å². The van der Waals surface area contributed by atoms with Crippen LogP contribution >= 0.6 is 11.6 Å². The van der Waals surface area contributed by atoms with Gasteiger partial charge in [-0.3, -0.25) is 25.8 Å². The molecule has 1 heterocycles. The molecule has 0 radical (unpaired) electrons. The van der Waals surface area contributed by atoms with Crippen LogP contribution < -0.4 is 15.6 Å². The molecule has 3 aromatic rings. The second-order valence-corrected chi connectivity index (χ2v) is 6.11. The zero-order valence-corrected chi connectivity index (χ0v) is 15.6. The van der Waals surface area contributed by atoms with E-state index in [1.807, 2.05) is 0 Å². The summed E-state index contributed by atoms with van der Waals surface area (Å²) < 4.78 is 19.2. The van der Waals surface area contributed by atoms with E-state index in [1.54, 1.807) is 19.1 Å². The summed E-state index contributed by atoms with van der Waals surface area (Å²) in [5.41, 5.74) is 4.31. The molecule has 1 aromatic heterocycles. The van der Waals surface area contributed by atoms with Gasteiger partial charge in [0.25, 0.3) is 5.91 Å². The molecule has 0 unspecified atom stereocenters. The molecule has 9 nitrogen and oxygen atoms in total. The Balaban J connectivity index is 1.85. The Kier molecular flexibility index (Phi) is 5.84. The van der Waals surface area contributed by atoms with Crippen molar-refractivity contribution in [2.45, 2.75) is 6.92 Å². The van der Waals surface area contributed by atoms with E-state index in [0.717, 1.165) is 12.4 Å². The number of nitro groups is 1. The zero-order chi connectivity index (χ0) is 21.0. The standard InChI is InChI=1S/C18H13ClFN5O4/c1-10-8-11(6-7-13(10)19)29-18-15(25(27)28)16(21-9-22-18)23-24-17(26)12-4-2-3-5-14(12)20/h2-9H,1H3,(H,24,26)(H,21,22,23). The van der Waals surface area contributed by atoms with Gasteiger partial charge in [0.05, 0.1) is 10.5 Å². The van der Waals surface area contributed by atoms with Crippen molar-refractivity contribution in [1.82, 2.24) is 15.4 Å². The minimum atomic E-state index is -0.841. The van der Waals surface area contributed by atoms with Crippen LogP contribution in [-0.2, 0) is 0 Å². The monoisotopic (exact) mass is 417 g/mol. The molecule has 1 amide bonds. The number of hydrogen-bond donors (Lipinski definition) is 2. The molecule has 0 saturated carbocycles. The van der Waals surface area contributed by atoms with Gasteiger partial charge in [0, 0.05) is 5.02 Å². The maximum Gasteiger partial charge on any atom is 0.374 e. The molecule has 2 aromatic carbocycles. The molecule has 0 atom stereocenters. The topological polar surface area (TPSA) is 119 Å². The molecule has 11 heteroatoms. The Morgan fingerprint density at radius 2 is 2.00 bits per heavy atom. The van der Waals surface area contributed by atoms with Gasteiger partial charge in [-0.05, 0) is 42.8 Å². The number of carbonyl (C=O) groups excluding carboxylic acids is 1. The third-order valence-corrected chi connectivity index (χ3v) is 4.15. The van der Waals surface area contributed by atoms with E-state index < -0.39 is 22.3 Å². The number of ether oxygens (including phenoxy) is 1. The Hall–Kier alpha value is -3.79. The number of halogens is 2. The van der Waals surface area contributed by atoms with Crippen LogP contribution in [-0.4, -0.2) is 20.8 Å². The smallest absolute Gasteiger partial charge is 0.374 e. The molecule has 0 spiro atoms. The van der Waals surface area contributed by atoms with Crippen molar-refractivity contribution < 1.29 is 18.8 Å². The fourth-order valence-electron chi connectivity index (χ4n) is 2.31. The van der Waals surface area contributed by atoms with Gasteiger partial charge in [0.15, 0.2) is 0 Å². The number of anilines is 1. The van der Waals surface area contributed by atoms with Crippen LogP contribution in [0.25, 0.3) is 0 Å². The molecular formula is C18H13ClFN5O4. The van der Waals surface area contributed by atoms with Crippen LogP contribution in [0.2, 0.25) is 5.02 Å². The largest absolute Gasteiger partial charge is 0.434 e. The van der Waals surface area contributed by atoms with Crippen LogP contribution in [0.5, 0.6) is 11.6 Å². The number of amides is 1. The minimum Gasteiger partial charge on any atom is -0.434 e. The first-order valence-corrected chi connectivity index (χ1v) is 8.49. The van der Waals surface area contributed by atoms with Crippen LogP contribution in [0.4, 0.5) is 15.9 Å². The highest BCUT2D eigenvalue weighted by atomic mass is 35.5.